The Morgan fingerprint density at radius 2 is 1.83 bits per heavy atom. The molecule has 1 N–H and O–H groups in total. The second-order valence-electron chi connectivity index (χ2n) is 6.43. The van der Waals surface area contributed by atoms with Crippen LogP contribution in [-0.2, 0) is 6.18 Å². The van der Waals surface area contributed by atoms with Crippen molar-refractivity contribution in [1.29, 1.82) is 0 Å². The molecule has 29 heavy (non-hydrogen) atoms. The predicted octanol–water partition coefficient (Wildman–Crippen LogP) is 5.47. The van der Waals surface area contributed by atoms with Gasteiger partial charge in [-0.25, -0.2) is 4.98 Å². The van der Waals surface area contributed by atoms with Crippen LogP contribution in [0.5, 0.6) is 0 Å². The maximum absolute atomic E-state index is 13.0. The van der Waals surface area contributed by atoms with Gasteiger partial charge in [0.05, 0.1) is 22.3 Å². The number of nitrogens with one attached hydrogen (secondary N) is 1. The summed E-state index contributed by atoms with van der Waals surface area (Å²) in [5.74, 6) is 0.360. The van der Waals surface area contributed by atoms with Crippen LogP contribution < -0.4 is 5.32 Å². The number of halogens is 3. The number of aromatic nitrogens is 2. The molecule has 0 aliphatic rings. The largest absolute Gasteiger partial charge is 0.416 e. The standard InChI is InChI=1S/C21H14F3N3O2/c1-12-10-18(27-29-12)26-20(28)16-7-3-4-13-8-9-17(25-19(13)16)14-5-2-6-15(11-14)21(22,23)24/h2-11H,1H3,(H,26,27,28). The van der Waals surface area contributed by atoms with Crippen LogP contribution in [0.2, 0.25) is 0 Å². The summed E-state index contributed by atoms with van der Waals surface area (Å²) in [6.45, 7) is 1.70. The van der Waals surface area contributed by atoms with E-state index >= 15 is 0 Å². The van der Waals surface area contributed by atoms with E-state index in [1.54, 1.807) is 49.4 Å². The summed E-state index contributed by atoms with van der Waals surface area (Å²) in [6, 6.07) is 14.9. The Morgan fingerprint density at radius 1 is 1.03 bits per heavy atom. The van der Waals surface area contributed by atoms with Gasteiger partial charge >= 0.3 is 6.18 Å². The number of rotatable bonds is 3. The molecule has 4 aromatic rings. The van der Waals surface area contributed by atoms with Gasteiger partial charge in [-0.15, -0.1) is 0 Å². The molecule has 0 spiro atoms. The number of hydrogen-bond acceptors (Lipinski definition) is 4. The molecule has 0 unspecified atom stereocenters. The van der Waals surface area contributed by atoms with Crippen molar-refractivity contribution in [3.05, 3.63) is 77.6 Å². The molecule has 146 valence electrons. The van der Waals surface area contributed by atoms with Crippen LogP contribution >= 0.6 is 0 Å². The molecule has 0 saturated carbocycles. The third-order valence-corrected chi connectivity index (χ3v) is 4.32. The summed E-state index contributed by atoms with van der Waals surface area (Å²) in [5, 5.41) is 7.04. The maximum Gasteiger partial charge on any atom is 0.416 e. The minimum absolute atomic E-state index is 0.263. The first kappa shape index (κ1) is 18.7. The van der Waals surface area contributed by atoms with Crippen LogP contribution in [0.3, 0.4) is 0 Å². The Hall–Kier alpha value is -3.68. The Balaban J connectivity index is 1.76. The second-order valence-corrected chi connectivity index (χ2v) is 6.43. The van der Waals surface area contributed by atoms with Crippen LogP contribution in [0.25, 0.3) is 22.2 Å². The van der Waals surface area contributed by atoms with Gasteiger partial charge in [-0.2, -0.15) is 13.2 Å². The van der Waals surface area contributed by atoms with Gasteiger partial charge in [-0.05, 0) is 31.2 Å². The Labute approximate surface area is 163 Å². The van der Waals surface area contributed by atoms with Gasteiger partial charge in [0.15, 0.2) is 5.82 Å². The number of fused-ring (bicyclic) bond motifs is 1. The predicted molar refractivity (Wildman–Crippen MR) is 101 cm³/mol. The van der Waals surface area contributed by atoms with Crippen molar-refractivity contribution in [2.24, 2.45) is 0 Å². The molecule has 5 nitrogen and oxygen atoms in total. The molecule has 0 saturated heterocycles. The first-order valence-corrected chi connectivity index (χ1v) is 8.63. The number of hydrogen-bond donors (Lipinski definition) is 1. The molecule has 0 aliphatic carbocycles. The highest BCUT2D eigenvalue weighted by atomic mass is 19.4. The number of anilines is 1. The Bertz CT molecular complexity index is 1220. The molecule has 1 amide bonds. The van der Waals surface area contributed by atoms with Crippen molar-refractivity contribution < 1.29 is 22.5 Å². The number of amides is 1. The maximum atomic E-state index is 13.0. The van der Waals surface area contributed by atoms with E-state index in [-0.39, 0.29) is 11.4 Å². The number of benzene rings is 2. The van der Waals surface area contributed by atoms with Crippen molar-refractivity contribution >= 4 is 22.6 Å². The molecule has 4 rings (SSSR count). The molecule has 0 fully saturated rings. The van der Waals surface area contributed by atoms with E-state index in [9.17, 15) is 18.0 Å². The average molecular weight is 397 g/mol. The number of aryl methyl sites for hydroxylation is 1. The van der Waals surface area contributed by atoms with Crippen molar-refractivity contribution in [1.82, 2.24) is 10.1 Å². The molecule has 0 atom stereocenters. The van der Waals surface area contributed by atoms with Crippen molar-refractivity contribution in [2.75, 3.05) is 5.32 Å². The summed E-state index contributed by atoms with van der Waals surface area (Å²) in [5.41, 5.74) is 0.534. The van der Waals surface area contributed by atoms with E-state index in [4.69, 9.17) is 4.52 Å². The van der Waals surface area contributed by atoms with Crippen LogP contribution in [0, 0.1) is 6.92 Å². The van der Waals surface area contributed by atoms with Gasteiger partial charge < -0.3 is 9.84 Å². The lowest BCUT2D eigenvalue weighted by molar-refractivity contribution is -0.137. The summed E-state index contributed by atoms with van der Waals surface area (Å²) in [7, 11) is 0. The van der Waals surface area contributed by atoms with E-state index in [1.807, 2.05) is 0 Å². The summed E-state index contributed by atoms with van der Waals surface area (Å²) in [4.78, 5) is 17.2. The van der Waals surface area contributed by atoms with Crippen molar-refractivity contribution in [3.63, 3.8) is 0 Å². The molecular formula is C21H14F3N3O2. The van der Waals surface area contributed by atoms with Gasteiger partial charge in [0.25, 0.3) is 5.91 Å². The zero-order valence-electron chi connectivity index (χ0n) is 15.1. The van der Waals surface area contributed by atoms with E-state index in [2.05, 4.69) is 15.5 Å². The molecule has 2 aromatic carbocycles. The number of para-hydroxylation sites is 1. The summed E-state index contributed by atoms with van der Waals surface area (Å²) < 4.78 is 44.0. The minimum atomic E-state index is -4.45. The third-order valence-electron chi connectivity index (χ3n) is 4.32. The zero-order chi connectivity index (χ0) is 20.6. The van der Waals surface area contributed by atoms with E-state index in [0.717, 1.165) is 12.1 Å². The van der Waals surface area contributed by atoms with Crippen molar-refractivity contribution in [3.8, 4) is 11.3 Å². The Kier molecular flexibility index (Phi) is 4.54. The zero-order valence-corrected chi connectivity index (χ0v) is 15.1. The second kappa shape index (κ2) is 7.05. The van der Waals surface area contributed by atoms with Gasteiger partial charge in [-0.3, -0.25) is 4.79 Å². The van der Waals surface area contributed by atoms with Crippen molar-refractivity contribution in [2.45, 2.75) is 13.1 Å². The van der Waals surface area contributed by atoms with Gasteiger partial charge in [0, 0.05) is 17.0 Å². The first-order valence-electron chi connectivity index (χ1n) is 8.63. The van der Waals surface area contributed by atoms with E-state index < -0.39 is 17.6 Å². The fourth-order valence-corrected chi connectivity index (χ4v) is 2.95. The first-order chi connectivity index (χ1) is 13.8. The molecule has 0 bridgehead atoms. The van der Waals surface area contributed by atoms with E-state index in [0.29, 0.717) is 27.9 Å². The number of carbonyl (C=O) groups excluding carboxylic acids is 1. The quantitative estimate of drug-likeness (QED) is 0.498. The fourth-order valence-electron chi connectivity index (χ4n) is 2.95. The van der Waals surface area contributed by atoms with Crippen LogP contribution in [-0.4, -0.2) is 16.0 Å². The monoisotopic (exact) mass is 397 g/mol. The molecule has 2 heterocycles. The third kappa shape index (κ3) is 3.82. The number of alkyl halides is 3. The molecule has 8 heteroatoms. The lowest BCUT2D eigenvalue weighted by Gasteiger charge is -2.10. The molecule has 0 radical (unpaired) electrons. The van der Waals surface area contributed by atoms with Gasteiger partial charge in [-0.1, -0.05) is 35.5 Å². The van der Waals surface area contributed by atoms with Crippen LogP contribution in [0.15, 0.2) is 65.2 Å². The van der Waals surface area contributed by atoms with Crippen LogP contribution in [0.4, 0.5) is 19.0 Å². The number of pyridine rings is 1. The highest BCUT2D eigenvalue weighted by molar-refractivity contribution is 6.11. The molecular weight excluding hydrogens is 383 g/mol. The smallest absolute Gasteiger partial charge is 0.360 e. The fraction of sp³-hybridized carbons (Fsp3) is 0.0952. The highest BCUT2D eigenvalue weighted by Crippen LogP contribution is 2.32. The highest BCUT2D eigenvalue weighted by Gasteiger charge is 2.30. The van der Waals surface area contributed by atoms with Crippen LogP contribution in [0.1, 0.15) is 21.7 Å². The topological polar surface area (TPSA) is 68.0 Å². The molecule has 2 aromatic heterocycles. The van der Waals surface area contributed by atoms with Gasteiger partial charge in [0.1, 0.15) is 5.76 Å². The lowest BCUT2D eigenvalue weighted by Crippen LogP contribution is -2.13. The normalized spacial score (nSPS) is 11.6. The lowest BCUT2D eigenvalue weighted by atomic mass is 10.0. The number of nitrogens with zero attached hydrogens (tertiary/aromatic N) is 2. The Morgan fingerprint density at radius 3 is 2.55 bits per heavy atom. The van der Waals surface area contributed by atoms with Gasteiger partial charge in [0.2, 0.25) is 0 Å². The number of carbonyl (C=O) groups is 1. The van der Waals surface area contributed by atoms with E-state index in [1.165, 1.54) is 6.07 Å². The average Bonchev–Trinajstić information content (AvgIpc) is 3.11. The minimum Gasteiger partial charge on any atom is -0.360 e. The molecule has 0 aliphatic heterocycles. The summed E-state index contributed by atoms with van der Waals surface area (Å²) >= 11 is 0. The summed E-state index contributed by atoms with van der Waals surface area (Å²) in [6.07, 6.45) is -4.45. The SMILES string of the molecule is Cc1cc(NC(=O)c2cccc3ccc(-c4cccc(C(F)(F)F)c4)nc23)no1.